The van der Waals surface area contributed by atoms with E-state index in [0.717, 1.165) is 16.1 Å². The molecule has 1 atom stereocenters. The van der Waals surface area contributed by atoms with Gasteiger partial charge in [-0.1, -0.05) is 71.7 Å². The number of carbonyl (C=O) groups is 2. The number of nitrogens with one attached hydrogen (secondary N) is 1. The Morgan fingerprint density at radius 3 is 2.23 bits per heavy atom. The van der Waals surface area contributed by atoms with Crippen molar-refractivity contribution >= 4 is 50.7 Å². The highest BCUT2D eigenvalue weighted by Gasteiger charge is 2.33. The van der Waals surface area contributed by atoms with Crippen LogP contribution in [-0.4, -0.2) is 57.6 Å². The zero-order chi connectivity index (χ0) is 28.6. The van der Waals surface area contributed by atoms with Crippen LogP contribution in [0.4, 0.5) is 5.69 Å². The second kappa shape index (κ2) is 13.7. The number of hydrogen-bond acceptors (Lipinski definition) is 5. The maximum absolute atomic E-state index is 14.0. The molecule has 0 unspecified atom stereocenters. The number of anilines is 1. The van der Waals surface area contributed by atoms with Gasteiger partial charge in [0.25, 0.3) is 0 Å². The molecular weight excluding hydrogens is 561 g/mol. The molecular formula is C28H31Cl2N3O5S. The zero-order valence-electron chi connectivity index (χ0n) is 21.9. The fourth-order valence-corrected chi connectivity index (χ4v) is 5.37. The van der Waals surface area contributed by atoms with E-state index >= 15 is 0 Å². The van der Waals surface area contributed by atoms with Gasteiger partial charge in [-0.05, 0) is 42.3 Å². The average molecular weight is 593 g/mol. The fraction of sp³-hybridized carbons (Fsp3) is 0.286. The highest BCUT2D eigenvalue weighted by molar-refractivity contribution is 7.92. The third-order valence-electron chi connectivity index (χ3n) is 6.02. The summed E-state index contributed by atoms with van der Waals surface area (Å²) in [4.78, 5) is 28.7. The number of carbonyl (C=O) groups excluding carboxylic acids is 2. The molecule has 0 fully saturated rings. The maximum Gasteiger partial charge on any atom is 0.244 e. The summed E-state index contributed by atoms with van der Waals surface area (Å²) < 4.78 is 31.8. The predicted molar refractivity (Wildman–Crippen MR) is 155 cm³/mol. The van der Waals surface area contributed by atoms with Gasteiger partial charge >= 0.3 is 0 Å². The molecule has 0 saturated carbocycles. The second-order valence-corrected chi connectivity index (χ2v) is 11.5. The van der Waals surface area contributed by atoms with Crippen molar-refractivity contribution in [2.45, 2.75) is 25.9 Å². The van der Waals surface area contributed by atoms with Crippen LogP contribution in [0.2, 0.25) is 10.0 Å². The first-order valence-electron chi connectivity index (χ1n) is 12.2. The summed E-state index contributed by atoms with van der Waals surface area (Å²) in [5, 5.41) is 3.42. The van der Waals surface area contributed by atoms with E-state index in [1.807, 2.05) is 30.3 Å². The molecule has 208 valence electrons. The molecule has 0 heterocycles. The van der Waals surface area contributed by atoms with Gasteiger partial charge in [0.1, 0.15) is 18.3 Å². The number of ether oxygens (including phenoxy) is 1. The molecule has 3 rings (SSSR count). The van der Waals surface area contributed by atoms with Crippen LogP contribution in [0, 0.1) is 0 Å². The van der Waals surface area contributed by atoms with E-state index in [4.69, 9.17) is 27.9 Å². The van der Waals surface area contributed by atoms with Gasteiger partial charge < -0.3 is 15.0 Å². The smallest absolute Gasteiger partial charge is 0.244 e. The molecule has 0 aliphatic carbocycles. The molecule has 0 aromatic heterocycles. The van der Waals surface area contributed by atoms with E-state index in [2.05, 4.69) is 5.32 Å². The Labute approximate surface area is 239 Å². The summed E-state index contributed by atoms with van der Waals surface area (Å²) in [7, 11) is -2.48. The Hall–Kier alpha value is -3.27. The second-order valence-electron chi connectivity index (χ2n) is 8.80. The van der Waals surface area contributed by atoms with Gasteiger partial charge in [-0.25, -0.2) is 8.42 Å². The fourth-order valence-electron chi connectivity index (χ4n) is 4.08. The largest absolute Gasteiger partial charge is 0.495 e. The van der Waals surface area contributed by atoms with Crippen LogP contribution in [0.5, 0.6) is 5.75 Å². The number of benzene rings is 3. The molecule has 2 amide bonds. The highest BCUT2D eigenvalue weighted by atomic mass is 35.5. The van der Waals surface area contributed by atoms with E-state index < -0.39 is 28.5 Å². The molecule has 3 aromatic carbocycles. The number of methoxy groups -OCH3 is 1. The highest BCUT2D eigenvalue weighted by Crippen LogP contribution is 2.30. The molecule has 3 aromatic rings. The van der Waals surface area contributed by atoms with Crippen molar-refractivity contribution < 1.29 is 22.7 Å². The molecule has 11 heteroatoms. The third kappa shape index (κ3) is 8.11. The Morgan fingerprint density at radius 2 is 1.64 bits per heavy atom. The van der Waals surface area contributed by atoms with E-state index in [-0.39, 0.29) is 29.6 Å². The number of sulfonamides is 1. The number of likely N-dealkylation sites (N-methyl/N-ethyl adjacent to an activating group) is 1. The minimum absolute atomic E-state index is 0.00584. The SMILES string of the molecule is CCNC(=O)[C@H](Cc1ccccc1)N(Cc1ccccc1Cl)C(=O)CN(c1ccc(OC)c(Cl)c1)S(C)(=O)=O. The predicted octanol–water partition coefficient (Wildman–Crippen LogP) is 4.54. The minimum atomic E-state index is -3.92. The molecule has 0 radical (unpaired) electrons. The summed E-state index contributed by atoms with van der Waals surface area (Å²) in [6.07, 6.45) is 1.22. The minimum Gasteiger partial charge on any atom is -0.495 e. The first-order valence-corrected chi connectivity index (χ1v) is 14.8. The van der Waals surface area contributed by atoms with Crippen LogP contribution < -0.4 is 14.4 Å². The molecule has 0 spiro atoms. The normalized spacial score (nSPS) is 11.9. The first kappa shape index (κ1) is 30.3. The van der Waals surface area contributed by atoms with Gasteiger partial charge in [-0.3, -0.25) is 13.9 Å². The van der Waals surface area contributed by atoms with Gasteiger partial charge in [0, 0.05) is 24.5 Å². The van der Waals surface area contributed by atoms with Crippen molar-refractivity contribution in [1.29, 1.82) is 0 Å². The lowest BCUT2D eigenvalue weighted by molar-refractivity contribution is -0.140. The summed E-state index contributed by atoms with van der Waals surface area (Å²) in [6.45, 7) is 1.58. The van der Waals surface area contributed by atoms with Crippen LogP contribution in [0.1, 0.15) is 18.1 Å². The van der Waals surface area contributed by atoms with Gasteiger partial charge in [0.05, 0.1) is 24.1 Å². The van der Waals surface area contributed by atoms with Crippen LogP contribution in [0.15, 0.2) is 72.8 Å². The number of rotatable bonds is 12. The van der Waals surface area contributed by atoms with Gasteiger partial charge in [0.15, 0.2) is 0 Å². The average Bonchev–Trinajstić information content (AvgIpc) is 2.90. The van der Waals surface area contributed by atoms with Crippen molar-refractivity contribution in [3.8, 4) is 5.75 Å². The van der Waals surface area contributed by atoms with Gasteiger partial charge in [0.2, 0.25) is 21.8 Å². The van der Waals surface area contributed by atoms with Crippen LogP contribution in [-0.2, 0) is 32.6 Å². The number of nitrogens with zero attached hydrogens (tertiary/aromatic N) is 2. The van der Waals surface area contributed by atoms with Crippen molar-refractivity contribution in [2.75, 3.05) is 30.8 Å². The van der Waals surface area contributed by atoms with E-state index in [0.29, 0.717) is 22.9 Å². The molecule has 1 N–H and O–H groups in total. The molecule has 39 heavy (non-hydrogen) atoms. The molecule has 0 aliphatic rings. The van der Waals surface area contributed by atoms with Crippen LogP contribution >= 0.6 is 23.2 Å². The molecule has 0 saturated heterocycles. The molecule has 0 bridgehead atoms. The summed E-state index contributed by atoms with van der Waals surface area (Å²) in [5.41, 5.74) is 1.65. The van der Waals surface area contributed by atoms with Crippen LogP contribution in [0.25, 0.3) is 0 Å². The standard InChI is InChI=1S/C28H31Cl2N3O5S/c1-4-31-28(35)25(16-20-10-6-5-7-11-20)32(18-21-12-8-9-13-23(21)29)27(34)19-33(39(3,36)37)22-14-15-26(38-2)24(30)17-22/h5-15,17,25H,4,16,18-19H2,1-3H3,(H,31,35)/t25-/m0/s1. The number of amides is 2. The third-order valence-corrected chi connectivity index (χ3v) is 7.83. The lowest BCUT2D eigenvalue weighted by atomic mass is 10.0. The Balaban J connectivity index is 2.06. The monoisotopic (exact) mass is 591 g/mol. The van der Waals surface area contributed by atoms with Crippen molar-refractivity contribution in [3.05, 3.63) is 94.0 Å². The lowest BCUT2D eigenvalue weighted by Crippen LogP contribution is -2.53. The topological polar surface area (TPSA) is 96.0 Å². The maximum atomic E-state index is 14.0. The van der Waals surface area contributed by atoms with Crippen molar-refractivity contribution in [2.24, 2.45) is 0 Å². The zero-order valence-corrected chi connectivity index (χ0v) is 24.3. The Kier molecular flexibility index (Phi) is 10.6. The van der Waals surface area contributed by atoms with Crippen molar-refractivity contribution in [1.82, 2.24) is 10.2 Å². The van der Waals surface area contributed by atoms with E-state index in [1.165, 1.54) is 30.2 Å². The summed E-state index contributed by atoms with van der Waals surface area (Å²) >= 11 is 12.7. The lowest BCUT2D eigenvalue weighted by Gasteiger charge is -2.33. The first-order chi connectivity index (χ1) is 18.5. The number of halogens is 2. The number of hydrogen-bond donors (Lipinski definition) is 1. The quantitative estimate of drug-likeness (QED) is 0.333. The Bertz CT molecular complexity index is 1400. The van der Waals surface area contributed by atoms with Gasteiger partial charge in [-0.2, -0.15) is 0 Å². The molecule has 0 aliphatic heterocycles. The van der Waals surface area contributed by atoms with Gasteiger partial charge in [-0.15, -0.1) is 0 Å². The van der Waals surface area contributed by atoms with E-state index in [1.54, 1.807) is 31.2 Å². The van der Waals surface area contributed by atoms with Crippen molar-refractivity contribution in [3.63, 3.8) is 0 Å². The summed E-state index contributed by atoms with van der Waals surface area (Å²) in [5.74, 6) is -0.584. The summed E-state index contributed by atoms with van der Waals surface area (Å²) in [6, 6.07) is 19.8. The molecule has 8 nitrogen and oxygen atoms in total. The Morgan fingerprint density at radius 1 is 0.974 bits per heavy atom. The van der Waals surface area contributed by atoms with Crippen LogP contribution in [0.3, 0.4) is 0 Å². The van der Waals surface area contributed by atoms with E-state index in [9.17, 15) is 18.0 Å².